The Balaban J connectivity index is 2.69. The third kappa shape index (κ3) is 3.03. The number of primary amides is 1. The van der Waals surface area contributed by atoms with Crippen LogP contribution in [0.25, 0.3) is 0 Å². The lowest BCUT2D eigenvalue weighted by Crippen LogP contribution is -2.19. The highest BCUT2D eigenvalue weighted by atomic mass is 16.5. The number of anilines is 1. The smallest absolute Gasteiger partial charge is 0.316 e. The Morgan fingerprint density at radius 2 is 2.43 bits per heavy atom. The van der Waals surface area contributed by atoms with Gasteiger partial charge < -0.3 is 15.8 Å². The van der Waals surface area contributed by atoms with Gasteiger partial charge in [-0.25, -0.2) is 4.79 Å². The van der Waals surface area contributed by atoms with Crippen molar-refractivity contribution in [3.63, 3.8) is 0 Å². The van der Waals surface area contributed by atoms with Crippen LogP contribution in [0, 0.1) is 11.3 Å². The van der Waals surface area contributed by atoms with Gasteiger partial charge in [0.15, 0.2) is 6.61 Å². The van der Waals surface area contributed by atoms with Crippen molar-refractivity contribution in [2.24, 2.45) is 5.73 Å². The van der Waals surface area contributed by atoms with Crippen molar-refractivity contribution in [3.05, 3.63) is 24.3 Å². The highest BCUT2D eigenvalue weighted by molar-refractivity contribution is 5.87. The highest BCUT2D eigenvalue weighted by Crippen LogP contribution is 2.16. The van der Waals surface area contributed by atoms with Crippen molar-refractivity contribution in [1.29, 1.82) is 5.26 Å². The fraction of sp³-hybridized carbons (Fsp3) is 0.111. The van der Waals surface area contributed by atoms with Crippen molar-refractivity contribution in [2.45, 2.75) is 0 Å². The second-order valence-electron chi connectivity index (χ2n) is 2.46. The predicted octanol–water partition coefficient (Wildman–Crippen LogP) is 1.08. The van der Waals surface area contributed by atoms with E-state index in [1.54, 1.807) is 24.3 Å². The molecule has 1 aromatic rings. The van der Waals surface area contributed by atoms with Crippen LogP contribution in [0.1, 0.15) is 0 Å². The van der Waals surface area contributed by atoms with Crippen molar-refractivity contribution >= 4 is 11.7 Å². The summed E-state index contributed by atoms with van der Waals surface area (Å²) in [7, 11) is 0. The van der Waals surface area contributed by atoms with Gasteiger partial charge in [-0.2, -0.15) is 5.26 Å². The molecule has 0 saturated carbocycles. The molecule has 72 valence electrons. The van der Waals surface area contributed by atoms with Crippen LogP contribution in [0.15, 0.2) is 24.3 Å². The van der Waals surface area contributed by atoms with E-state index >= 15 is 0 Å². The zero-order valence-corrected chi connectivity index (χ0v) is 7.36. The Labute approximate surface area is 81.1 Å². The molecule has 0 bridgehead atoms. The molecule has 0 saturated heterocycles. The van der Waals surface area contributed by atoms with Gasteiger partial charge in [-0.05, 0) is 12.1 Å². The van der Waals surface area contributed by atoms with Gasteiger partial charge in [-0.15, -0.1) is 0 Å². The number of nitrogens with one attached hydrogen (secondary N) is 1. The van der Waals surface area contributed by atoms with Crippen LogP contribution in [0.5, 0.6) is 5.75 Å². The van der Waals surface area contributed by atoms with Gasteiger partial charge in [0.25, 0.3) is 0 Å². The number of nitrogens with two attached hydrogens (primary N) is 1. The van der Waals surface area contributed by atoms with Crippen LogP contribution in [0.4, 0.5) is 10.5 Å². The van der Waals surface area contributed by atoms with E-state index in [2.05, 4.69) is 5.32 Å². The lowest BCUT2D eigenvalue weighted by molar-refractivity contribution is 0.259. The first-order valence-electron chi connectivity index (χ1n) is 3.88. The van der Waals surface area contributed by atoms with Crippen LogP contribution in [-0.2, 0) is 0 Å². The first kappa shape index (κ1) is 9.86. The molecule has 3 N–H and O–H groups in total. The lowest BCUT2D eigenvalue weighted by atomic mass is 10.3. The maximum Gasteiger partial charge on any atom is 0.316 e. The number of urea groups is 1. The summed E-state index contributed by atoms with van der Waals surface area (Å²) < 4.78 is 5.02. The van der Waals surface area contributed by atoms with Crippen LogP contribution in [-0.4, -0.2) is 12.6 Å². The van der Waals surface area contributed by atoms with Crippen LogP contribution in [0.2, 0.25) is 0 Å². The maximum atomic E-state index is 10.5. The maximum absolute atomic E-state index is 10.5. The molecule has 1 aromatic carbocycles. The Morgan fingerprint density at radius 3 is 3.07 bits per heavy atom. The van der Waals surface area contributed by atoms with Crippen LogP contribution < -0.4 is 15.8 Å². The van der Waals surface area contributed by atoms with Crippen molar-refractivity contribution in [2.75, 3.05) is 11.9 Å². The fourth-order valence-electron chi connectivity index (χ4n) is 0.922. The molecule has 1 rings (SSSR count). The van der Waals surface area contributed by atoms with E-state index in [1.165, 1.54) is 0 Å². The molecule has 0 radical (unpaired) electrons. The summed E-state index contributed by atoms with van der Waals surface area (Å²) in [6, 6.07) is 7.84. The number of amides is 2. The molecular weight excluding hydrogens is 182 g/mol. The van der Waals surface area contributed by atoms with Gasteiger partial charge in [-0.3, -0.25) is 0 Å². The minimum Gasteiger partial charge on any atom is -0.479 e. The van der Waals surface area contributed by atoms with E-state index in [-0.39, 0.29) is 6.61 Å². The molecule has 5 heteroatoms. The second-order valence-corrected chi connectivity index (χ2v) is 2.46. The van der Waals surface area contributed by atoms with Gasteiger partial charge in [0.2, 0.25) is 0 Å². The summed E-state index contributed by atoms with van der Waals surface area (Å²) in [5, 5.41) is 10.7. The van der Waals surface area contributed by atoms with Crippen molar-refractivity contribution in [1.82, 2.24) is 0 Å². The average molecular weight is 191 g/mol. The Bertz CT molecular complexity index is 371. The number of nitriles is 1. The standard InChI is InChI=1S/C9H9N3O2/c10-4-5-14-8-3-1-2-7(6-8)12-9(11)13/h1-3,6H,5H2,(H3,11,12,13). The summed E-state index contributed by atoms with van der Waals surface area (Å²) in [6.45, 7) is -0.0278. The number of carbonyl (C=O) groups excluding carboxylic acids is 1. The molecule has 14 heavy (non-hydrogen) atoms. The van der Waals surface area contributed by atoms with Crippen molar-refractivity contribution in [3.8, 4) is 11.8 Å². The van der Waals surface area contributed by atoms with E-state index in [9.17, 15) is 4.79 Å². The normalized spacial score (nSPS) is 8.79. The Kier molecular flexibility index (Phi) is 3.33. The van der Waals surface area contributed by atoms with Gasteiger partial charge in [0.05, 0.1) is 0 Å². The number of ether oxygens (including phenoxy) is 1. The number of hydrogen-bond donors (Lipinski definition) is 2. The van der Waals surface area contributed by atoms with E-state index in [0.717, 1.165) is 0 Å². The molecular formula is C9H9N3O2. The molecule has 0 unspecified atom stereocenters. The monoisotopic (exact) mass is 191 g/mol. The SMILES string of the molecule is N#CCOc1cccc(NC(N)=O)c1. The van der Waals surface area contributed by atoms with E-state index < -0.39 is 6.03 Å². The molecule has 2 amide bonds. The first-order valence-corrected chi connectivity index (χ1v) is 3.88. The van der Waals surface area contributed by atoms with Crippen LogP contribution >= 0.6 is 0 Å². The molecule has 5 nitrogen and oxygen atoms in total. The number of benzene rings is 1. The third-order valence-electron chi connectivity index (χ3n) is 1.40. The van der Waals surface area contributed by atoms with E-state index in [4.69, 9.17) is 15.7 Å². The highest BCUT2D eigenvalue weighted by Gasteiger charge is 1.98. The van der Waals surface area contributed by atoms with E-state index in [0.29, 0.717) is 11.4 Å². The summed E-state index contributed by atoms with van der Waals surface area (Å²) in [4.78, 5) is 10.5. The fourth-order valence-corrected chi connectivity index (χ4v) is 0.922. The van der Waals surface area contributed by atoms with Gasteiger partial charge >= 0.3 is 6.03 Å². The molecule has 0 fully saturated rings. The summed E-state index contributed by atoms with van der Waals surface area (Å²) in [5.74, 6) is 0.512. The minimum absolute atomic E-state index is 0.0278. The van der Waals surface area contributed by atoms with Gasteiger partial charge in [0, 0.05) is 11.8 Å². The minimum atomic E-state index is -0.637. The quantitative estimate of drug-likeness (QED) is 0.749. The molecule has 0 atom stereocenters. The lowest BCUT2D eigenvalue weighted by Gasteiger charge is -2.04. The molecule has 0 aliphatic rings. The van der Waals surface area contributed by atoms with Crippen LogP contribution in [0.3, 0.4) is 0 Å². The van der Waals surface area contributed by atoms with Gasteiger partial charge in [0.1, 0.15) is 11.8 Å². The zero-order chi connectivity index (χ0) is 10.4. The predicted molar refractivity (Wildman–Crippen MR) is 50.8 cm³/mol. The van der Waals surface area contributed by atoms with Gasteiger partial charge in [-0.1, -0.05) is 6.07 Å². The largest absolute Gasteiger partial charge is 0.479 e. The average Bonchev–Trinajstić information content (AvgIpc) is 2.14. The zero-order valence-electron chi connectivity index (χ0n) is 7.36. The molecule has 0 aromatic heterocycles. The Hall–Kier alpha value is -2.22. The Morgan fingerprint density at radius 1 is 1.64 bits per heavy atom. The summed E-state index contributed by atoms with van der Waals surface area (Å²) in [5.41, 5.74) is 5.47. The summed E-state index contributed by atoms with van der Waals surface area (Å²) >= 11 is 0. The number of carbonyl (C=O) groups is 1. The molecule has 0 spiro atoms. The van der Waals surface area contributed by atoms with E-state index in [1.807, 2.05) is 6.07 Å². The summed E-state index contributed by atoms with van der Waals surface area (Å²) in [6.07, 6.45) is 0. The number of hydrogen-bond acceptors (Lipinski definition) is 3. The first-order chi connectivity index (χ1) is 6.72. The topological polar surface area (TPSA) is 88.1 Å². The molecule has 0 aliphatic carbocycles. The number of nitrogens with zero attached hydrogens (tertiary/aromatic N) is 1. The third-order valence-corrected chi connectivity index (χ3v) is 1.40. The van der Waals surface area contributed by atoms with Crippen molar-refractivity contribution < 1.29 is 9.53 Å². The second kappa shape index (κ2) is 4.72. The number of rotatable bonds is 3. The molecule has 0 heterocycles. The molecule has 0 aliphatic heterocycles.